The molecule has 130 valence electrons. The fraction of sp³-hybridized carbons (Fsp3) is 0.611. The van der Waals surface area contributed by atoms with Crippen LogP contribution in [0.2, 0.25) is 0 Å². The molecule has 0 amide bonds. The summed E-state index contributed by atoms with van der Waals surface area (Å²) in [5, 5.41) is 3.14. The molecule has 0 radical (unpaired) electrons. The van der Waals surface area contributed by atoms with Crippen molar-refractivity contribution in [1.29, 1.82) is 0 Å². The molecule has 2 rings (SSSR count). The number of nitrogens with zero attached hydrogens (tertiary/aromatic N) is 1. The molecule has 1 aromatic carbocycles. The lowest BCUT2D eigenvalue weighted by molar-refractivity contribution is 0.0281. The summed E-state index contributed by atoms with van der Waals surface area (Å²) >= 11 is 0. The van der Waals surface area contributed by atoms with Gasteiger partial charge in [-0.3, -0.25) is 4.99 Å². The van der Waals surface area contributed by atoms with E-state index in [4.69, 9.17) is 10.5 Å². The molecular formula is C18H30IN3O. The highest BCUT2D eigenvalue weighted by Gasteiger charge is 2.12. The molecule has 1 aromatic rings. The van der Waals surface area contributed by atoms with Gasteiger partial charge >= 0.3 is 0 Å². The Labute approximate surface area is 157 Å². The molecule has 0 aliphatic heterocycles. The van der Waals surface area contributed by atoms with E-state index < -0.39 is 0 Å². The standard InChI is InChI=1S/C18H29N3O.HI/c1-14-9-10-16(13-15(14)2)21-18(19)20-11-6-12-22-17-7-4-3-5-8-17;/h9-10,13,17H,3-8,11-12H2,1-2H3,(H3,19,20,21);1H. The molecule has 4 nitrogen and oxygen atoms in total. The molecule has 1 aliphatic rings. The Morgan fingerprint density at radius 3 is 2.65 bits per heavy atom. The van der Waals surface area contributed by atoms with Crippen molar-refractivity contribution in [2.24, 2.45) is 10.7 Å². The monoisotopic (exact) mass is 431 g/mol. The number of rotatable bonds is 6. The number of benzene rings is 1. The molecule has 0 unspecified atom stereocenters. The summed E-state index contributed by atoms with van der Waals surface area (Å²) in [7, 11) is 0. The first kappa shape index (κ1) is 20.2. The molecule has 3 N–H and O–H groups in total. The Morgan fingerprint density at radius 1 is 1.22 bits per heavy atom. The number of nitrogens with one attached hydrogen (secondary N) is 1. The number of hydrogen-bond acceptors (Lipinski definition) is 2. The zero-order chi connectivity index (χ0) is 15.8. The van der Waals surface area contributed by atoms with Crippen LogP contribution in [0.15, 0.2) is 23.2 Å². The van der Waals surface area contributed by atoms with Crippen molar-refractivity contribution >= 4 is 35.6 Å². The second kappa shape index (κ2) is 10.9. The molecule has 1 saturated carbocycles. The molecule has 23 heavy (non-hydrogen) atoms. The quantitative estimate of drug-likeness (QED) is 0.304. The third kappa shape index (κ3) is 7.52. The molecule has 0 heterocycles. The van der Waals surface area contributed by atoms with Crippen molar-refractivity contribution in [2.75, 3.05) is 18.5 Å². The van der Waals surface area contributed by atoms with E-state index in [-0.39, 0.29) is 24.0 Å². The summed E-state index contributed by atoms with van der Waals surface area (Å²) in [4.78, 5) is 4.36. The molecule has 1 aliphatic carbocycles. The molecule has 5 heteroatoms. The number of aryl methyl sites for hydroxylation is 2. The van der Waals surface area contributed by atoms with E-state index in [0.717, 1.165) is 18.7 Å². The van der Waals surface area contributed by atoms with Crippen LogP contribution in [0.1, 0.15) is 49.7 Å². The van der Waals surface area contributed by atoms with Gasteiger partial charge in [-0.1, -0.05) is 25.3 Å². The predicted octanol–water partition coefficient (Wildman–Crippen LogP) is 4.39. The highest BCUT2D eigenvalue weighted by Crippen LogP contribution is 2.20. The van der Waals surface area contributed by atoms with Gasteiger partial charge in [-0.15, -0.1) is 24.0 Å². The third-order valence-corrected chi connectivity index (χ3v) is 4.27. The minimum Gasteiger partial charge on any atom is -0.378 e. The average Bonchev–Trinajstić information content (AvgIpc) is 2.52. The highest BCUT2D eigenvalue weighted by molar-refractivity contribution is 14.0. The van der Waals surface area contributed by atoms with Crippen LogP contribution in [0, 0.1) is 13.8 Å². The number of hydrogen-bond donors (Lipinski definition) is 2. The summed E-state index contributed by atoms with van der Waals surface area (Å²) in [5.41, 5.74) is 9.43. The Hall–Kier alpha value is -0.820. The molecule has 1 fully saturated rings. The SMILES string of the molecule is Cc1ccc(NC(N)=NCCCOC2CCCCC2)cc1C.I. The van der Waals surface area contributed by atoms with Crippen molar-refractivity contribution in [3.63, 3.8) is 0 Å². The van der Waals surface area contributed by atoms with Gasteiger partial charge in [0.1, 0.15) is 0 Å². The Morgan fingerprint density at radius 2 is 1.96 bits per heavy atom. The van der Waals surface area contributed by atoms with Crippen LogP contribution in [-0.2, 0) is 4.74 Å². The van der Waals surface area contributed by atoms with Crippen molar-refractivity contribution < 1.29 is 4.74 Å². The van der Waals surface area contributed by atoms with Crippen molar-refractivity contribution in [1.82, 2.24) is 0 Å². The van der Waals surface area contributed by atoms with Crippen molar-refractivity contribution in [3.05, 3.63) is 29.3 Å². The summed E-state index contributed by atoms with van der Waals surface area (Å²) in [5.74, 6) is 0.473. The van der Waals surface area contributed by atoms with Crippen molar-refractivity contribution in [2.45, 2.75) is 58.5 Å². The van der Waals surface area contributed by atoms with Gasteiger partial charge in [0.05, 0.1) is 6.10 Å². The first-order valence-corrected chi connectivity index (χ1v) is 8.41. The minimum absolute atomic E-state index is 0. The van der Waals surface area contributed by atoms with Gasteiger partial charge < -0.3 is 15.8 Å². The zero-order valence-electron chi connectivity index (χ0n) is 14.3. The molecule has 0 atom stereocenters. The Balaban J connectivity index is 0.00000264. The summed E-state index contributed by atoms with van der Waals surface area (Å²) in [6.07, 6.45) is 7.84. The minimum atomic E-state index is 0. The maximum atomic E-state index is 5.92. The van der Waals surface area contributed by atoms with Gasteiger partial charge in [-0.25, -0.2) is 0 Å². The van der Waals surface area contributed by atoms with Gasteiger partial charge in [0.15, 0.2) is 5.96 Å². The zero-order valence-corrected chi connectivity index (χ0v) is 16.6. The molecule has 0 aromatic heterocycles. The van der Waals surface area contributed by atoms with E-state index >= 15 is 0 Å². The Bertz CT molecular complexity index is 499. The first-order chi connectivity index (χ1) is 10.6. The number of nitrogens with two attached hydrogens (primary N) is 1. The summed E-state index contributed by atoms with van der Waals surface area (Å²) in [6, 6.07) is 6.20. The van der Waals surface area contributed by atoms with Gasteiger partial charge in [0, 0.05) is 18.8 Å². The lowest BCUT2D eigenvalue weighted by Gasteiger charge is -2.21. The summed E-state index contributed by atoms with van der Waals surface area (Å²) in [6.45, 7) is 5.68. The number of guanidine groups is 1. The normalized spacial score (nSPS) is 16.0. The van der Waals surface area contributed by atoms with Gasteiger partial charge in [0.2, 0.25) is 0 Å². The Kier molecular flexibility index (Phi) is 9.55. The maximum Gasteiger partial charge on any atom is 0.193 e. The molecule has 0 spiro atoms. The largest absolute Gasteiger partial charge is 0.378 e. The summed E-state index contributed by atoms with van der Waals surface area (Å²) < 4.78 is 5.88. The predicted molar refractivity (Wildman–Crippen MR) is 109 cm³/mol. The number of aliphatic imine (C=N–C) groups is 1. The average molecular weight is 431 g/mol. The van der Waals surface area contributed by atoms with Gasteiger partial charge in [-0.2, -0.15) is 0 Å². The van der Waals surface area contributed by atoms with E-state index in [0.29, 0.717) is 18.6 Å². The van der Waals surface area contributed by atoms with Crippen LogP contribution in [0.3, 0.4) is 0 Å². The van der Waals surface area contributed by atoms with E-state index in [1.54, 1.807) is 0 Å². The van der Waals surface area contributed by atoms with Crippen LogP contribution in [-0.4, -0.2) is 25.2 Å². The number of anilines is 1. The van der Waals surface area contributed by atoms with E-state index in [1.165, 1.54) is 43.2 Å². The van der Waals surface area contributed by atoms with E-state index in [9.17, 15) is 0 Å². The topological polar surface area (TPSA) is 59.6 Å². The van der Waals surface area contributed by atoms with Crippen LogP contribution in [0.25, 0.3) is 0 Å². The lowest BCUT2D eigenvalue weighted by atomic mass is 9.98. The van der Waals surface area contributed by atoms with E-state index in [2.05, 4.69) is 36.3 Å². The first-order valence-electron chi connectivity index (χ1n) is 8.41. The van der Waals surface area contributed by atoms with Crippen LogP contribution >= 0.6 is 24.0 Å². The number of ether oxygens (including phenoxy) is 1. The van der Waals surface area contributed by atoms with Gasteiger partial charge in [0.25, 0.3) is 0 Å². The molecule has 0 saturated heterocycles. The lowest BCUT2D eigenvalue weighted by Crippen LogP contribution is -2.23. The molecular weight excluding hydrogens is 401 g/mol. The van der Waals surface area contributed by atoms with Gasteiger partial charge in [-0.05, 0) is 56.4 Å². The van der Waals surface area contributed by atoms with Crippen molar-refractivity contribution in [3.8, 4) is 0 Å². The fourth-order valence-electron chi connectivity index (χ4n) is 2.75. The fourth-order valence-corrected chi connectivity index (χ4v) is 2.75. The molecule has 0 bridgehead atoms. The smallest absolute Gasteiger partial charge is 0.193 e. The van der Waals surface area contributed by atoms with Crippen LogP contribution < -0.4 is 11.1 Å². The van der Waals surface area contributed by atoms with E-state index in [1.807, 2.05) is 6.07 Å². The van der Waals surface area contributed by atoms with Crippen LogP contribution in [0.5, 0.6) is 0 Å². The highest BCUT2D eigenvalue weighted by atomic mass is 127. The number of halogens is 1. The third-order valence-electron chi connectivity index (χ3n) is 4.27. The second-order valence-electron chi connectivity index (χ2n) is 6.18. The van der Waals surface area contributed by atoms with Crippen LogP contribution in [0.4, 0.5) is 5.69 Å². The maximum absolute atomic E-state index is 5.92. The second-order valence-corrected chi connectivity index (χ2v) is 6.18.